The van der Waals surface area contributed by atoms with Crippen molar-refractivity contribution in [3.05, 3.63) is 42.5 Å². The van der Waals surface area contributed by atoms with E-state index in [1.165, 1.54) is 4.90 Å². The van der Waals surface area contributed by atoms with E-state index in [1.807, 2.05) is 6.92 Å². The molecule has 0 aromatic heterocycles. The Morgan fingerprint density at radius 1 is 1.36 bits per heavy atom. The third-order valence-corrected chi connectivity index (χ3v) is 4.30. The van der Waals surface area contributed by atoms with Crippen LogP contribution in [0, 0.1) is 5.41 Å². The van der Waals surface area contributed by atoms with E-state index in [9.17, 15) is 9.59 Å². The average molecular weight is 301 g/mol. The van der Waals surface area contributed by atoms with Crippen LogP contribution in [0.5, 0.6) is 5.75 Å². The summed E-state index contributed by atoms with van der Waals surface area (Å²) in [5.74, 6) is 0.366. The third kappa shape index (κ3) is 3.21. The largest absolute Gasteiger partial charge is 0.497 e. The molecule has 1 aromatic rings. The van der Waals surface area contributed by atoms with Crippen LogP contribution in [-0.2, 0) is 4.79 Å². The average Bonchev–Trinajstić information content (AvgIpc) is 2.67. The van der Waals surface area contributed by atoms with E-state index >= 15 is 0 Å². The van der Waals surface area contributed by atoms with Gasteiger partial charge in [0.1, 0.15) is 5.75 Å². The van der Waals surface area contributed by atoms with Gasteiger partial charge in [-0.1, -0.05) is 19.4 Å². The maximum Gasteiger partial charge on any atom is 0.260 e. The Bertz CT molecular complexity index is 564. The molecule has 4 heteroatoms. The van der Waals surface area contributed by atoms with Crippen LogP contribution in [-0.4, -0.2) is 30.4 Å². The van der Waals surface area contributed by atoms with Crippen molar-refractivity contribution in [3.8, 4) is 5.75 Å². The zero-order valence-corrected chi connectivity index (χ0v) is 13.3. The van der Waals surface area contributed by atoms with Crippen molar-refractivity contribution in [2.45, 2.75) is 32.6 Å². The van der Waals surface area contributed by atoms with Crippen molar-refractivity contribution in [1.29, 1.82) is 0 Å². The van der Waals surface area contributed by atoms with Gasteiger partial charge < -0.3 is 4.74 Å². The Kier molecular flexibility index (Phi) is 5.01. The van der Waals surface area contributed by atoms with Gasteiger partial charge in [-0.25, -0.2) is 0 Å². The molecule has 0 N–H and O–H groups in total. The highest BCUT2D eigenvalue weighted by Gasteiger charge is 2.39. The van der Waals surface area contributed by atoms with Gasteiger partial charge in [0.15, 0.2) is 0 Å². The SMILES string of the molecule is C=CCC1(C)CCCCN(C(=O)c2ccc(OC)cc2)C1=O. The number of rotatable bonds is 4. The number of allylic oxidation sites excluding steroid dienone is 1. The summed E-state index contributed by atoms with van der Waals surface area (Å²) in [5.41, 5.74) is -0.0163. The van der Waals surface area contributed by atoms with E-state index in [2.05, 4.69) is 6.58 Å². The number of nitrogens with zero attached hydrogens (tertiary/aromatic N) is 1. The van der Waals surface area contributed by atoms with Crippen molar-refractivity contribution < 1.29 is 14.3 Å². The molecule has 1 unspecified atom stereocenters. The molecule has 0 radical (unpaired) electrons. The third-order valence-electron chi connectivity index (χ3n) is 4.30. The number of benzene rings is 1. The lowest BCUT2D eigenvalue weighted by Crippen LogP contribution is -2.44. The number of amides is 2. The number of imide groups is 1. The molecule has 1 aliphatic rings. The molecule has 0 saturated carbocycles. The molecule has 4 nitrogen and oxygen atoms in total. The van der Waals surface area contributed by atoms with Crippen LogP contribution < -0.4 is 4.74 Å². The van der Waals surface area contributed by atoms with E-state index in [0.717, 1.165) is 19.3 Å². The van der Waals surface area contributed by atoms with Gasteiger partial charge >= 0.3 is 0 Å². The fourth-order valence-corrected chi connectivity index (χ4v) is 2.91. The van der Waals surface area contributed by atoms with E-state index in [1.54, 1.807) is 37.5 Å². The fraction of sp³-hybridized carbons (Fsp3) is 0.444. The van der Waals surface area contributed by atoms with E-state index in [-0.39, 0.29) is 11.8 Å². The molecule has 22 heavy (non-hydrogen) atoms. The summed E-state index contributed by atoms with van der Waals surface area (Å²) in [4.78, 5) is 26.9. The smallest absolute Gasteiger partial charge is 0.260 e. The molecule has 118 valence electrons. The topological polar surface area (TPSA) is 46.6 Å². The van der Waals surface area contributed by atoms with Crippen molar-refractivity contribution in [2.24, 2.45) is 5.41 Å². The number of hydrogen-bond donors (Lipinski definition) is 0. The molecule has 1 atom stereocenters. The lowest BCUT2D eigenvalue weighted by Gasteiger charge is -2.30. The minimum Gasteiger partial charge on any atom is -0.497 e. The van der Waals surface area contributed by atoms with E-state index < -0.39 is 5.41 Å². The predicted octanol–water partition coefficient (Wildman–Crippen LogP) is 3.43. The second-order valence-corrected chi connectivity index (χ2v) is 6.00. The minimum atomic E-state index is -0.527. The molecule has 0 aliphatic carbocycles. The van der Waals surface area contributed by atoms with Gasteiger partial charge in [0.05, 0.1) is 12.5 Å². The van der Waals surface area contributed by atoms with Crippen LogP contribution in [0.3, 0.4) is 0 Å². The van der Waals surface area contributed by atoms with Crippen molar-refractivity contribution in [1.82, 2.24) is 4.90 Å². The number of methoxy groups -OCH3 is 1. The van der Waals surface area contributed by atoms with E-state index in [0.29, 0.717) is 24.3 Å². The summed E-state index contributed by atoms with van der Waals surface area (Å²) < 4.78 is 5.10. The monoisotopic (exact) mass is 301 g/mol. The standard InChI is InChI=1S/C18H23NO3/c1-4-11-18(2)12-5-6-13-19(17(18)21)16(20)14-7-9-15(22-3)10-8-14/h4,7-10H,1,5-6,11-13H2,2-3H3. The highest BCUT2D eigenvalue weighted by Crippen LogP contribution is 2.34. The molecule has 1 saturated heterocycles. The number of likely N-dealkylation sites (tertiary alicyclic amines) is 1. The Morgan fingerprint density at radius 3 is 2.64 bits per heavy atom. The van der Waals surface area contributed by atoms with Gasteiger partial charge in [-0.05, 0) is 43.5 Å². The molecule has 1 aromatic carbocycles. The molecule has 1 heterocycles. The molecule has 2 amide bonds. The Labute approximate surface area is 131 Å². The number of ether oxygens (including phenoxy) is 1. The lowest BCUT2D eigenvalue weighted by molar-refractivity contribution is -0.137. The van der Waals surface area contributed by atoms with Crippen molar-refractivity contribution in [2.75, 3.05) is 13.7 Å². The first-order valence-corrected chi connectivity index (χ1v) is 7.63. The summed E-state index contributed by atoms with van der Waals surface area (Å²) in [6, 6.07) is 6.87. The van der Waals surface area contributed by atoms with Gasteiger partial charge in [-0.3, -0.25) is 14.5 Å². The van der Waals surface area contributed by atoms with Gasteiger partial charge in [-0.15, -0.1) is 6.58 Å². The molecule has 2 rings (SSSR count). The normalized spacial score (nSPS) is 22.1. The van der Waals surface area contributed by atoms with Crippen LogP contribution in [0.1, 0.15) is 43.0 Å². The van der Waals surface area contributed by atoms with Gasteiger partial charge in [0, 0.05) is 12.1 Å². The van der Waals surface area contributed by atoms with Gasteiger partial charge in [-0.2, -0.15) is 0 Å². The Balaban J connectivity index is 2.26. The predicted molar refractivity (Wildman–Crippen MR) is 85.8 cm³/mol. The molecule has 0 bridgehead atoms. The van der Waals surface area contributed by atoms with Gasteiger partial charge in [0.2, 0.25) is 5.91 Å². The van der Waals surface area contributed by atoms with Crippen LogP contribution >= 0.6 is 0 Å². The molecular weight excluding hydrogens is 278 g/mol. The second-order valence-electron chi connectivity index (χ2n) is 6.00. The lowest BCUT2D eigenvalue weighted by atomic mass is 9.81. The molecule has 1 fully saturated rings. The first kappa shape index (κ1) is 16.3. The first-order valence-electron chi connectivity index (χ1n) is 7.63. The summed E-state index contributed by atoms with van der Waals surface area (Å²) in [7, 11) is 1.58. The molecular formula is C18H23NO3. The van der Waals surface area contributed by atoms with Crippen LogP contribution in [0.15, 0.2) is 36.9 Å². The summed E-state index contributed by atoms with van der Waals surface area (Å²) in [6.45, 7) is 6.15. The highest BCUT2D eigenvalue weighted by molar-refractivity contribution is 6.06. The minimum absolute atomic E-state index is 0.0919. The van der Waals surface area contributed by atoms with Crippen LogP contribution in [0.25, 0.3) is 0 Å². The quantitative estimate of drug-likeness (QED) is 0.632. The zero-order valence-electron chi connectivity index (χ0n) is 13.3. The summed E-state index contributed by atoms with van der Waals surface area (Å²) in [5, 5.41) is 0. The Hall–Kier alpha value is -2.10. The van der Waals surface area contributed by atoms with Gasteiger partial charge in [0.25, 0.3) is 5.91 Å². The second kappa shape index (κ2) is 6.77. The molecule has 0 spiro atoms. The number of hydrogen-bond acceptors (Lipinski definition) is 3. The van der Waals surface area contributed by atoms with Crippen LogP contribution in [0.2, 0.25) is 0 Å². The fourth-order valence-electron chi connectivity index (χ4n) is 2.91. The highest BCUT2D eigenvalue weighted by atomic mass is 16.5. The van der Waals surface area contributed by atoms with Crippen molar-refractivity contribution >= 4 is 11.8 Å². The molecule has 1 aliphatic heterocycles. The van der Waals surface area contributed by atoms with Crippen LogP contribution in [0.4, 0.5) is 0 Å². The Morgan fingerprint density at radius 2 is 2.05 bits per heavy atom. The summed E-state index contributed by atoms with van der Waals surface area (Å²) in [6.07, 6.45) is 4.95. The summed E-state index contributed by atoms with van der Waals surface area (Å²) >= 11 is 0. The first-order chi connectivity index (χ1) is 10.5. The van der Waals surface area contributed by atoms with E-state index in [4.69, 9.17) is 4.74 Å². The number of carbonyl (C=O) groups is 2. The number of carbonyl (C=O) groups excluding carboxylic acids is 2. The maximum absolute atomic E-state index is 12.8. The van der Waals surface area contributed by atoms with Crippen molar-refractivity contribution in [3.63, 3.8) is 0 Å². The zero-order chi connectivity index (χ0) is 16.2. The maximum atomic E-state index is 12.8.